The Morgan fingerprint density at radius 2 is 1.04 bits per heavy atom. The molecular weight excluding hydrogens is 334 g/mol. The monoisotopic (exact) mass is 350 g/mol. The molecule has 2 rings (SSSR count). The van der Waals surface area contributed by atoms with Crippen LogP contribution in [0, 0.1) is 0 Å². The molecule has 2 N–H and O–H groups in total. The number of rotatable bonds is 6. The summed E-state index contributed by atoms with van der Waals surface area (Å²) in [6.45, 7) is 7.16. The fourth-order valence-electron chi connectivity index (χ4n) is 1.84. The molecule has 0 amide bonds. The molecule has 0 saturated carbocycles. The highest BCUT2D eigenvalue weighted by Gasteiger charge is 2.35. The molecule has 0 radical (unpaired) electrons. The first-order chi connectivity index (χ1) is 10.8. The first kappa shape index (κ1) is 17.6. The Hall–Kier alpha value is -1.74. The van der Waals surface area contributed by atoms with Crippen molar-refractivity contribution in [1.82, 2.24) is 0 Å². The van der Waals surface area contributed by atoms with Crippen molar-refractivity contribution in [2.75, 3.05) is 0 Å². The second-order valence-electron chi connectivity index (χ2n) is 4.71. The summed E-state index contributed by atoms with van der Waals surface area (Å²) in [5, 5.41) is -0.139. The van der Waals surface area contributed by atoms with E-state index in [4.69, 9.17) is 4.31 Å². The van der Waals surface area contributed by atoms with Crippen LogP contribution in [0.5, 0.6) is 0 Å². The lowest BCUT2D eigenvalue weighted by atomic mass is 10.2. The Morgan fingerprint density at radius 1 is 0.739 bits per heavy atom. The van der Waals surface area contributed by atoms with Crippen LogP contribution in [0.15, 0.2) is 61.7 Å². The molecule has 0 aliphatic carbocycles. The van der Waals surface area contributed by atoms with Crippen molar-refractivity contribution in [3.8, 4) is 0 Å². The molecule has 0 aliphatic rings. The first-order valence-electron chi connectivity index (χ1n) is 6.61. The molecule has 120 valence electrons. The van der Waals surface area contributed by atoms with Gasteiger partial charge in [-0.15, -0.1) is 0 Å². The molecular formula is C16H16O5P2. The van der Waals surface area contributed by atoms with E-state index < -0.39 is 15.2 Å². The number of benzene rings is 2. The Bertz CT molecular complexity index is 740. The molecule has 2 atom stereocenters. The second kappa shape index (κ2) is 6.79. The lowest BCUT2D eigenvalue weighted by Crippen LogP contribution is -2.11. The predicted molar refractivity (Wildman–Crippen MR) is 93.1 cm³/mol. The number of hydrogen-bond acceptors (Lipinski definition) is 3. The maximum atomic E-state index is 12.3. The van der Waals surface area contributed by atoms with Crippen molar-refractivity contribution in [2.45, 2.75) is 0 Å². The van der Waals surface area contributed by atoms with Gasteiger partial charge in [0, 0.05) is 0 Å². The molecule has 2 aromatic rings. The molecule has 23 heavy (non-hydrogen) atoms. The third-order valence-corrected chi connectivity index (χ3v) is 6.80. The van der Waals surface area contributed by atoms with Gasteiger partial charge >= 0.3 is 15.2 Å². The van der Waals surface area contributed by atoms with Crippen LogP contribution in [0.1, 0.15) is 11.1 Å². The quantitative estimate of drug-likeness (QED) is 0.781. The van der Waals surface area contributed by atoms with Crippen LogP contribution in [0.2, 0.25) is 0 Å². The molecule has 2 unspecified atom stereocenters. The van der Waals surface area contributed by atoms with Crippen molar-refractivity contribution in [3.05, 3.63) is 72.8 Å². The zero-order chi connectivity index (χ0) is 17.1. The van der Waals surface area contributed by atoms with E-state index in [-0.39, 0.29) is 10.6 Å². The summed E-state index contributed by atoms with van der Waals surface area (Å²) in [4.78, 5) is 20.0. The topological polar surface area (TPSA) is 83.8 Å². The fourth-order valence-corrected chi connectivity index (χ4v) is 4.85. The minimum absolute atomic E-state index is 0.0694. The van der Waals surface area contributed by atoms with E-state index in [0.717, 1.165) is 11.1 Å². The molecule has 2 aromatic carbocycles. The first-order valence-corrected chi connectivity index (χ1v) is 9.77. The van der Waals surface area contributed by atoms with Gasteiger partial charge < -0.3 is 9.79 Å². The molecule has 0 fully saturated rings. The Kier molecular flexibility index (Phi) is 5.20. The lowest BCUT2D eigenvalue weighted by molar-refractivity contribution is 0.349. The molecule has 0 aliphatic heterocycles. The summed E-state index contributed by atoms with van der Waals surface area (Å²) < 4.78 is 29.3. The second-order valence-corrected chi connectivity index (χ2v) is 8.48. The van der Waals surface area contributed by atoms with Crippen molar-refractivity contribution < 1.29 is 23.2 Å². The SMILES string of the molecule is C=Cc1ccc(P(=O)(O)OP(=O)(O)c2ccc(C=C)cc2)cc1. The van der Waals surface area contributed by atoms with Crippen LogP contribution >= 0.6 is 15.2 Å². The molecule has 0 aromatic heterocycles. The smallest absolute Gasteiger partial charge is 0.321 e. The van der Waals surface area contributed by atoms with E-state index in [9.17, 15) is 18.9 Å². The van der Waals surface area contributed by atoms with Gasteiger partial charge in [-0.3, -0.25) is 9.13 Å². The van der Waals surface area contributed by atoms with E-state index in [1.165, 1.54) is 24.3 Å². The van der Waals surface area contributed by atoms with Gasteiger partial charge in [-0.25, -0.2) is 4.31 Å². The molecule has 7 heteroatoms. The summed E-state index contributed by atoms with van der Waals surface area (Å²) in [7, 11) is -8.90. The Balaban J connectivity index is 2.29. The molecule has 5 nitrogen and oxygen atoms in total. The summed E-state index contributed by atoms with van der Waals surface area (Å²) in [5.74, 6) is 0. The van der Waals surface area contributed by atoms with Crippen LogP contribution in [-0.4, -0.2) is 9.79 Å². The maximum absolute atomic E-state index is 12.3. The minimum Gasteiger partial charge on any atom is -0.321 e. The predicted octanol–water partition coefficient (Wildman–Crippen LogP) is 3.31. The fraction of sp³-hybridized carbons (Fsp3) is 0. The molecule has 0 spiro atoms. The summed E-state index contributed by atoms with van der Waals surface area (Å²) in [6, 6.07) is 11.7. The Labute approximate surface area is 134 Å². The lowest BCUT2D eigenvalue weighted by Gasteiger charge is -2.17. The van der Waals surface area contributed by atoms with E-state index >= 15 is 0 Å². The van der Waals surface area contributed by atoms with Crippen LogP contribution in [0.3, 0.4) is 0 Å². The van der Waals surface area contributed by atoms with Gasteiger partial charge in [0.2, 0.25) is 0 Å². The maximum Gasteiger partial charge on any atom is 0.366 e. The van der Waals surface area contributed by atoms with Gasteiger partial charge in [0.25, 0.3) is 0 Å². The number of hydrogen-bond donors (Lipinski definition) is 2. The van der Waals surface area contributed by atoms with E-state index in [1.54, 1.807) is 36.4 Å². The largest absolute Gasteiger partial charge is 0.366 e. The minimum atomic E-state index is -4.45. The standard InChI is InChI=1S/C16H16O5P2/c1-3-13-5-9-15(10-6-13)22(17,18)21-23(19,20)16-11-7-14(4-2)8-12-16/h3-12H,1-2H2,(H,17,18)(H,19,20). The summed E-state index contributed by atoms with van der Waals surface area (Å²) >= 11 is 0. The van der Waals surface area contributed by atoms with Crippen LogP contribution in [-0.2, 0) is 13.4 Å². The van der Waals surface area contributed by atoms with Crippen molar-refractivity contribution >= 4 is 38.0 Å². The van der Waals surface area contributed by atoms with Crippen molar-refractivity contribution in [2.24, 2.45) is 0 Å². The van der Waals surface area contributed by atoms with Crippen LogP contribution in [0.4, 0.5) is 0 Å². The van der Waals surface area contributed by atoms with Gasteiger partial charge in [-0.1, -0.05) is 49.6 Å². The molecule has 0 bridgehead atoms. The van der Waals surface area contributed by atoms with Crippen molar-refractivity contribution in [3.63, 3.8) is 0 Å². The normalized spacial score (nSPS) is 16.1. The van der Waals surface area contributed by atoms with Gasteiger partial charge in [-0.2, -0.15) is 0 Å². The van der Waals surface area contributed by atoms with Crippen LogP contribution in [0.25, 0.3) is 12.2 Å². The molecule has 0 heterocycles. The van der Waals surface area contributed by atoms with Gasteiger partial charge in [0.15, 0.2) is 0 Å². The zero-order valence-corrected chi connectivity index (χ0v) is 14.0. The zero-order valence-electron chi connectivity index (χ0n) is 12.2. The average Bonchev–Trinajstić information content (AvgIpc) is 2.54. The highest BCUT2D eigenvalue weighted by atomic mass is 31.3. The highest BCUT2D eigenvalue weighted by Crippen LogP contribution is 2.57. The highest BCUT2D eigenvalue weighted by molar-refractivity contribution is 7.74. The van der Waals surface area contributed by atoms with Gasteiger partial charge in [0.05, 0.1) is 10.6 Å². The third kappa shape index (κ3) is 4.17. The van der Waals surface area contributed by atoms with Gasteiger partial charge in [0.1, 0.15) is 0 Å². The summed E-state index contributed by atoms with van der Waals surface area (Å²) in [5.41, 5.74) is 1.50. The Morgan fingerprint density at radius 3 is 1.30 bits per heavy atom. The van der Waals surface area contributed by atoms with Crippen LogP contribution < -0.4 is 10.6 Å². The average molecular weight is 350 g/mol. The van der Waals surface area contributed by atoms with E-state index in [2.05, 4.69) is 13.2 Å². The van der Waals surface area contributed by atoms with Gasteiger partial charge in [-0.05, 0) is 35.4 Å². The van der Waals surface area contributed by atoms with E-state index in [1.807, 2.05) is 0 Å². The van der Waals surface area contributed by atoms with E-state index in [0.29, 0.717) is 0 Å². The summed E-state index contributed by atoms with van der Waals surface area (Å²) in [6.07, 6.45) is 3.15. The van der Waals surface area contributed by atoms with Crippen molar-refractivity contribution in [1.29, 1.82) is 0 Å². The third-order valence-electron chi connectivity index (χ3n) is 3.13. The molecule has 0 saturated heterocycles.